The van der Waals surface area contributed by atoms with Gasteiger partial charge in [0.15, 0.2) is 0 Å². The molecule has 1 unspecified atom stereocenters. The summed E-state index contributed by atoms with van der Waals surface area (Å²) in [4.78, 5) is 12.0. The van der Waals surface area contributed by atoms with Gasteiger partial charge in [-0.15, -0.1) is 0 Å². The first-order chi connectivity index (χ1) is 11.3. The van der Waals surface area contributed by atoms with Crippen LogP contribution in [0.2, 0.25) is 0 Å². The average molecular weight is 333 g/mol. The Hall–Kier alpha value is -2.27. The van der Waals surface area contributed by atoms with Crippen LogP contribution in [0.25, 0.3) is 0 Å². The van der Waals surface area contributed by atoms with Crippen LogP contribution in [0.15, 0.2) is 42.5 Å². The zero-order valence-electron chi connectivity index (χ0n) is 13.8. The van der Waals surface area contributed by atoms with E-state index in [-0.39, 0.29) is 24.4 Å². The van der Waals surface area contributed by atoms with Gasteiger partial charge in [0.05, 0.1) is 6.54 Å². The number of aryl methyl sites for hydroxylation is 2. The predicted molar refractivity (Wildman–Crippen MR) is 88.4 cm³/mol. The van der Waals surface area contributed by atoms with Crippen LogP contribution >= 0.6 is 0 Å². The van der Waals surface area contributed by atoms with Crippen LogP contribution in [0.4, 0.5) is 8.78 Å². The zero-order chi connectivity index (χ0) is 17.7. The van der Waals surface area contributed by atoms with Crippen molar-refractivity contribution in [3.05, 3.63) is 70.8 Å². The van der Waals surface area contributed by atoms with Gasteiger partial charge in [-0.25, -0.2) is 8.78 Å². The molecule has 0 bridgehead atoms. The first kappa shape index (κ1) is 18.1. The van der Waals surface area contributed by atoms with E-state index in [2.05, 4.69) is 5.32 Å². The fourth-order valence-electron chi connectivity index (χ4n) is 2.52. The van der Waals surface area contributed by atoms with E-state index < -0.39 is 17.2 Å². The van der Waals surface area contributed by atoms with Gasteiger partial charge in [-0.1, -0.05) is 30.3 Å². The predicted octanol–water partition coefficient (Wildman–Crippen LogP) is 3.23. The number of carbonyl (C=O) groups excluding carboxylic acids is 1. The molecule has 128 valence electrons. The number of hydrogen-bond acceptors (Lipinski definition) is 2. The van der Waals surface area contributed by atoms with Gasteiger partial charge in [-0.3, -0.25) is 4.79 Å². The molecule has 2 rings (SSSR count). The molecule has 1 atom stereocenters. The third-order valence-corrected chi connectivity index (χ3v) is 4.02. The summed E-state index contributed by atoms with van der Waals surface area (Å²) in [6.07, 6.45) is 0.860. The number of aliphatic hydroxyl groups is 1. The largest absolute Gasteiger partial charge is 0.383 e. The van der Waals surface area contributed by atoms with Gasteiger partial charge >= 0.3 is 0 Å². The second kappa shape index (κ2) is 7.53. The highest BCUT2D eigenvalue weighted by Crippen LogP contribution is 2.23. The van der Waals surface area contributed by atoms with E-state index in [1.54, 1.807) is 0 Å². The lowest BCUT2D eigenvalue weighted by Gasteiger charge is -2.24. The minimum atomic E-state index is -1.61. The maximum atomic E-state index is 13.8. The Kier molecular flexibility index (Phi) is 5.67. The van der Waals surface area contributed by atoms with E-state index in [4.69, 9.17) is 0 Å². The number of halogens is 2. The molecule has 0 spiro atoms. The van der Waals surface area contributed by atoms with Crippen molar-refractivity contribution in [3.63, 3.8) is 0 Å². The lowest BCUT2D eigenvalue weighted by Crippen LogP contribution is -2.39. The fraction of sp³-hybridized carbons (Fsp3) is 0.316. The smallest absolute Gasteiger partial charge is 0.220 e. The number of hydrogen-bond donors (Lipinski definition) is 2. The third kappa shape index (κ3) is 4.61. The van der Waals surface area contributed by atoms with Gasteiger partial charge in [0.1, 0.15) is 17.2 Å². The van der Waals surface area contributed by atoms with Crippen LogP contribution in [-0.4, -0.2) is 17.6 Å². The molecule has 2 N–H and O–H groups in total. The van der Waals surface area contributed by atoms with Gasteiger partial charge in [0, 0.05) is 18.1 Å². The second-order valence-corrected chi connectivity index (χ2v) is 6.10. The molecule has 24 heavy (non-hydrogen) atoms. The molecule has 2 aromatic carbocycles. The van der Waals surface area contributed by atoms with Crippen LogP contribution in [0, 0.1) is 18.6 Å². The molecule has 0 saturated carbocycles. The van der Waals surface area contributed by atoms with Crippen molar-refractivity contribution in [2.45, 2.75) is 32.3 Å². The minimum Gasteiger partial charge on any atom is -0.383 e. The van der Waals surface area contributed by atoms with E-state index in [9.17, 15) is 18.7 Å². The topological polar surface area (TPSA) is 49.3 Å². The first-order valence-electron chi connectivity index (χ1n) is 7.79. The van der Waals surface area contributed by atoms with Crippen LogP contribution in [-0.2, 0) is 16.8 Å². The Morgan fingerprint density at radius 2 is 1.92 bits per heavy atom. The van der Waals surface area contributed by atoms with Crippen molar-refractivity contribution in [1.29, 1.82) is 0 Å². The SMILES string of the molecule is Cc1ccccc1CCC(=O)NCC(C)(O)c1ccc(F)cc1F. The Morgan fingerprint density at radius 1 is 1.21 bits per heavy atom. The summed E-state index contributed by atoms with van der Waals surface area (Å²) in [5.41, 5.74) is 0.536. The maximum absolute atomic E-state index is 13.8. The summed E-state index contributed by atoms with van der Waals surface area (Å²) in [5, 5.41) is 13.0. The van der Waals surface area contributed by atoms with Gasteiger partial charge in [0.2, 0.25) is 5.91 Å². The normalized spacial score (nSPS) is 13.4. The number of amides is 1. The molecule has 0 aliphatic heterocycles. The molecule has 2 aromatic rings. The van der Waals surface area contributed by atoms with Crippen molar-refractivity contribution in [1.82, 2.24) is 5.32 Å². The van der Waals surface area contributed by atoms with Crippen LogP contribution in [0.5, 0.6) is 0 Å². The minimum absolute atomic E-state index is 0.0527. The average Bonchev–Trinajstić information content (AvgIpc) is 2.52. The van der Waals surface area contributed by atoms with E-state index in [0.29, 0.717) is 12.5 Å². The molecule has 0 aliphatic rings. The highest BCUT2D eigenvalue weighted by molar-refractivity contribution is 5.76. The van der Waals surface area contributed by atoms with Crippen LogP contribution < -0.4 is 5.32 Å². The lowest BCUT2D eigenvalue weighted by molar-refractivity contribution is -0.122. The summed E-state index contributed by atoms with van der Waals surface area (Å²) < 4.78 is 26.7. The maximum Gasteiger partial charge on any atom is 0.220 e. The third-order valence-electron chi connectivity index (χ3n) is 4.02. The molecular formula is C19H21F2NO2. The molecule has 1 amide bonds. The molecule has 0 radical (unpaired) electrons. The summed E-state index contributed by atoms with van der Waals surface area (Å²) >= 11 is 0. The first-order valence-corrected chi connectivity index (χ1v) is 7.79. The van der Waals surface area contributed by atoms with Gasteiger partial charge in [0.25, 0.3) is 0 Å². The van der Waals surface area contributed by atoms with E-state index >= 15 is 0 Å². The lowest BCUT2D eigenvalue weighted by atomic mass is 9.95. The summed E-state index contributed by atoms with van der Waals surface area (Å²) in [7, 11) is 0. The molecule has 0 aliphatic carbocycles. The Balaban J connectivity index is 1.91. The van der Waals surface area contributed by atoms with Crippen LogP contribution in [0.1, 0.15) is 30.0 Å². The van der Waals surface area contributed by atoms with Crippen molar-refractivity contribution < 1.29 is 18.7 Å². The van der Waals surface area contributed by atoms with Crippen molar-refractivity contribution in [2.75, 3.05) is 6.54 Å². The van der Waals surface area contributed by atoms with Gasteiger partial charge in [-0.05, 0) is 37.5 Å². The Bertz CT molecular complexity index is 729. The summed E-state index contributed by atoms with van der Waals surface area (Å²) in [6, 6.07) is 10.8. The van der Waals surface area contributed by atoms with E-state index in [1.807, 2.05) is 31.2 Å². The number of nitrogens with one attached hydrogen (secondary N) is 1. The quantitative estimate of drug-likeness (QED) is 0.853. The highest BCUT2D eigenvalue weighted by Gasteiger charge is 2.27. The second-order valence-electron chi connectivity index (χ2n) is 6.10. The van der Waals surface area contributed by atoms with Gasteiger partial charge in [-0.2, -0.15) is 0 Å². The molecule has 3 nitrogen and oxygen atoms in total. The Morgan fingerprint density at radius 3 is 2.58 bits per heavy atom. The number of carbonyl (C=O) groups is 1. The van der Waals surface area contributed by atoms with Crippen LogP contribution in [0.3, 0.4) is 0 Å². The zero-order valence-corrected chi connectivity index (χ0v) is 13.8. The van der Waals surface area contributed by atoms with E-state index in [0.717, 1.165) is 17.2 Å². The molecule has 0 aromatic heterocycles. The van der Waals surface area contributed by atoms with Crippen molar-refractivity contribution in [2.24, 2.45) is 0 Å². The fourth-order valence-corrected chi connectivity index (χ4v) is 2.52. The van der Waals surface area contributed by atoms with Crippen molar-refractivity contribution in [3.8, 4) is 0 Å². The Labute approximate surface area is 140 Å². The summed E-state index contributed by atoms with van der Waals surface area (Å²) in [5.74, 6) is -1.79. The van der Waals surface area contributed by atoms with Crippen molar-refractivity contribution >= 4 is 5.91 Å². The molecule has 0 saturated heterocycles. The summed E-state index contributed by atoms with van der Waals surface area (Å²) in [6.45, 7) is 3.21. The molecule has 5 heteroatoms. The number of rotatable bonds is 6. The molecule has 0 heterocycles. The van der Waals surface area contributed by atoms with E-state index in [1.165, 1.54) is 13.0 Å². The monoisotopic (exact) mass is 333 g/mol. The molecular weight excluding hydrogens is 312 g/mol. The van der Waals surface area contributed by atoms with Gasteiger partial charge < -0.3 is 10.4 Å². The highest BCUT2D eigenvalue weighted by atomic mass is 19.1. The molecule has 0 fully saturated rings. The standard InChI is InChI=1S/C19H21F2NO2/c1-13-5-3-4-6-14(13)7-10-18(23)22-12-19(2,24)16-9-8-15(20)11-17(16)21/h3-6,8-9,11,24H,7,10,12H2,1-2H3,(H,22,23). The number of benzene rings is 2.